The molecule has 1 amide bonds. The molecule has 4 aliphatic carbocycles. The Kier molecular flexibility index (Phi) is 5.44. The molecule has 4 fully saturated rings. The first-order valence-corrected chi connectivity index (χ1v) is 12.7. The minimum absolute atomic E-state index is 0.170. The summed E-state index contributed by atoms with van der Waals surface area (Å²) in [5.74, 6) is 3.80. The summed E-state index contributed by atoms with van der Waals surface area (Å²) in [5.41, 5.74) is 3.33. The van der Waals surface area contributed by atoms with Crippen LogP contribution in [0.25, 0.3) is 0 Å². The number of aromatic nitrogens is 2. The molecule has 0 saturated heterocycles. The van der Waals surface area contributed by atoms with Crippen molar-refractivity contribution in [2.75, 3.05) is 18.4 Å². The number of fused-ring (bicyclic) bond motifs is 1. The van der Waals surface area contributed by atoms with E-state index in [0.29, 0.717) is 23.5 Å². The Morgan fingerprint density at radius 2 is 1.85 bits per heavy atom. The number of benzene rings is 1. The highest BCUT2D eigenvalue weighted by Crippen LogP contribution is 2.59. The minimum Gasteiger partial charge on any atom is -0.444 e. The Balaban J connectivity index is 1.09. The molecule has 33 heavy (non-hydrogen) atoms. The van der Waals surface area contributed by atoms with Gasteiger partial charge in [-0.15, -0.1) is 0 Å². The lowest BCUT2D eigenvalue weighted by molar-refractivity contribution is -0.0444. The second kappa shape index (κ2) is 8.46. The summed E-state index contributed by atoms with van der Waals surface area (Å²) >= 11 is 6.18. The number of carbonyl (C=O) groups is 1. The highest BCUT2D eigenvalue weighted by Gasteiger charge is 2.50. The van der Waals surface area contributed by atoms with Crippen molar-refractivity contribution in [3.05, 3.63) is 52.4 Å². The third kappa shape index (κ3) is 4.18. The molecule has 0 unspecified atom stereocenters. The normalized spacial score (nSPS) is 29.6. The van der Waals surface area contributed by atoms with E-state index in [-0.39, 0.29) is 12.7 Å². The molecule has 0 radical (unpaired) electrons. The zero-order valence-corrected chi connectivity index (χ0v) is 19.7. The Bertz CT molecular complexity index is 1020. The molecule has 4 saturated carbocycles. The van der Waals surface area contributed by atoms with Crippen LogP contribution in [0.3, 0.4) is 0 Å². The standard InChI is InChI=1S/C26H31ClN4O2/c27-22-4-2-1-3-20(22)14-33-25(32)31-6-5-21-23(13-31)29-16-30-24(21)28-15-26-10-17-7-18(11-26)9-19(8-17)12-26/h1-4,16-19H,5-15H2,(H,28,29,30). The molecule has 7 heteroatoms. The topological polar surface area (TPSA) is 67.3 Å². The van der Waals surface area contributed by atoms with E-state index in [1.165, 1.54) is 38.5 Å². The minimum atomic E-state index is -0.331. The molecule has 4 bridgehead atoms. The van der Waals surface area contributed by atoms with Crippen LogP contribution >= 0.6 is 11.6 Å². The number of nitrogens with zero attached hydrogens (tertiary/aromatic N) is 3. The largest absolute Gasteiger partial charge is 0.444 e. The Morgan fingerprint density at radius 3 is 2.58 bits per heavy atom. The number of ether oxygens (including phenoxy) is 1. The van der Waals surface area contributed by atoms with Gasteiger partial charge in [0.25, 0.3) is 0 Å². The van der Waals surface area contributed by atoms with Crippen LogP contribution in [0.5, 0.6) is 0 Å². The summed E-state index contributed by atoms with van der Waals surface area (Å²) < 4.78 is 5.52. The first kappa shape index (κ1) is 21.2. The molecular weight excluding hydrogens is 436 g/mol. The van der Waals surface area contributed by atoms with E-state index >= 15 is 0 Å². The molecule has 1 N–H and O–H groups in total. The fourth-order valence-corrected chi connectivity index (χ4v) is 7.48. The number of anilines is 1. The van der Waals surface area contributed by atoms with Crippen LogP contribution in [0.4, 0.5) is 10.6 Å². The molecule has 0 spiro atoms. The third-order valence-electron chi connectivity index (χ3n) is 8.37. The molecule has 0 atom stereocenters. The predicted molar refractivity (Wildman–Crippen MR) is 127 cm³/mol. The van der Waals surface area contributed by atoms with Gasteiger partial charge in [-0.1, -0.05) is 29.8 Å². The van der Waals surface area contributed by atoms with E-state index < -0.39 is 0 Å². The molecule has 2 aromatic rings. The van der Waals surface area contributed by atoms with Gasteiger partial charge < -0.3 is 15.0 Å². The van der Waals surface area contributed by atoms with Crippen LogP contribution in [0.1, 0.15) is 55.3 Å². The van der Waals surface area contributed by atoms with Gasteiger partial charge >= 0.3 is 6.09 Å². The Hall–Kier alpha value is -2.34. The van der Waals surface area contributed by atoms with Gasteiger partial charge in [0.15, 0.2) is 0 Å². The first-order chi connectivity index (χ1) is 16.1. The average molecular weight is 467 g/mol. The van der Waals surface area contributed by atoms with E-state index in [9.17, 15) is 4.79 Å². The summed E-state index contributed by atoms with van der Waals surface area (Å²) in [6, 6.07) is 7.43. The summed E-state index contributed by atoms with van der Waals surface area (Å²) in [6.45, 7) is 2.24. The van der Waals surface area contributed by atoms with Crippen molar-refractivity contribution in [1.82, 2.24) is 14.9 Å². The van der Waals surface area contributed by atoms with Gasteiger partial charge in [0.2, 0.25) is 0 Å². The summed E-state index contributed by atoms with van der Waals surface area (Å²) in [4.78, 5) is 23.5. The zero-order chi connectivity index (χ0) is 22.4. The van der Waals surface area contributed by atoms with Crippen molar-refractivity contribution in [2.24, 2.45) is 23.2 Å². The van der Waals surface area contributed by atoms with Crippen molar-refractivity contribution in [3.63, 3.8) is 0 Å². The summed E-state index contributed by atoms with van der Waals surface area (Å²) in [5, 5.41) is 4.33. The molecule has 1 aromatic heterocycles. The molecule has 6 nitrogen and oxygen atoms in total. The van der Waals surface area contributed by atoms with Crippen molar-refractivity contribution in [3.8, 4) is 0 Å². The molecule has 5 aliphatic rings. The monoisotopic (exact) mass is 466 g/mol. The molecule has 1 aromatic carbocycles. The third-order valence-corrected chi connectivity index (χ3v) is 8.74. The number of rotatable bonds is 5. The van der Waals surface area contributed by atoms with Gasteiger partial charge in [-0.2, -0.15) is 0 Å². The van der Waals surface area contributed by atoms with Crippen LogP contribution < -0.4 is 5.32 Å². The quantitative estimate of drug-likeness (QED) is 0.634. The van der Waals surface area contributed by atoms with Gasteiger partial charge in [-0.05, 0) is 74.2 Å². The molecule has 174 valence electrons. The maximum atomic E-state index is 12.7. The first-order valence-electron chi connectivity index (χ1n) is 12.3. The molecular formula is C26H31ClN4O2. The molecule has 7 rings (SSSR count). The lowest BCUT2D eigenvalue weighted by atomic mass is 9.49. The van der Waals surface area contributed by atoms with Crippen LogP contribution in [0.15, 0.2) is 30.6 Å². The lowest BCUT2D eigenvalue weighted by Gasteiger charge is -2.57. The van der Waals surface area contributed by atoms with Crippen LogP contribution in [-0.2, 0) is 24.3 Å². The van der Waals surface area contributed by atoms with Crippen LogP contribution in [0, 0.1) is 23.2 Å². The van der Waals surface area contributed by atoms with E-state index in [2.05, 4.69) is 15.3 Å². The maximum Gasteiger partial charge on any atom is 0.410 e. The van der Waals surface area contributed by atoms with E-state index in [4.69, 9.17) is 16.3 Å². The van der Waals surface area contributed by atoms with Crippen LogP contribution in [0.2, 0.25) is 5.02 Å². The fourth-order valence-electron chi connectivity index (χ4n) is 7.29. The van der Waals surface area contributed by atoms with Crippen molar-refractivity contribution < 1.29 is 9.53 Å². The molecule has 1 aliphatic heterocycles. The van der Waals surface area contributed by atoms with Gasteiger partial charge in [-0.3, -0.25) is 0 Å². The van der Waals surface area contributed by atoms with Crippen LogP contribution in [-0.4, -0.2) is 34.1 Å². The van der Waals surface area contributed by atoms with Gasteiger partial charge in [0.1, 0.15) is 18.8 Å². The van der Waals surface area contributed by atoms with Crippen molar-refractivity contribution >= 4 is 23.5 Å². The van der Waals surface area contributed by atoms with Crippen molar-refractivity contribution in [2.45, 2.75) is 58.1 Å². The van der Waals surface area contributed by atoms with Gasteiger partial charge in [-0.25, -0.2) is 14.8 Å². The van der Waals surface area contributed by atoms with E-state index in [0.717, 1.165) is 53.4 Å². The zero-order valence-electron chi connectivity index (χ0n) is 18.9. The van der Waals surface area contributed by atoms with Crippen molar-refractivity contribution in [1.29, 1.82) is 0 Å². The number of halogens is 1. The highest BCUT2D eigenvalue weighted by molar-refractivity contribution is 6.31. The Labute approximate surface area is 200 Å². The fraction of sp³-hybridized carbons (Fsp3) is 0.577. The van der Waals surface area contributed by atoms with E-state index in [1.54, 1.807) is 17.3 Å². The molecule has 2 heterocycles. The predicted octanol–water partition coefficient (Wildman–Crippen LogP) is 5.45. The Morgan fingerprint density at radius 1 is 1.12 bits per heavy atom. The maximum absolute atomic E-state index is 12.7. The summed E-state index contributed by atoms with van der Waals surface area (Å²) in [6.07, 6.45) is 10.6. The number of hydrogen-bond acceptors (Lipinski definition) is 5. The summed E-state index contributed by atoms with van der Waals surface area (Å²) in [7, 11) is 0. The number of carbonyl (C=O) groups excluding carboxylic acids is 1. The number of nitrogens with one attached hydrogen (secondary N) is 1. The smallest absolute Gasteiger partial charge is 0.410 e. The second-order valence-corrected chi connectivity index (χ2v) is 11.1. The lowest BCUT2D eigenvalue weighted by Crippen LogP contribution is -2.49. The second-order valence-electron chi connectivity index (χ2n) is 10.7. The SMILES string of the molecule is O=C(OCc1ccccc1Cl)N1CCc2c(ncnc2NCC23CC4CC(CC(C4)C2)C3)C1. The van der Waals surface area contributed by atoms with Gasteiger partial charge in [0.05, 0.1) is 12.2 Å². The van der Waals surface area contributed by atoms with Gasteiger partial charge in [0, 0.05) is 29.2 Å². The average Bonchev–Trinajstić information content (AvgIpc) is 2.81. The highest BCUT2D eigenvalue weighted by atomic mass is 35.5. The number of amides is 1. The van der Waals surface area contributed by atoms with E-state index in [1.807, 2.05) is 18.2 Å². The number of hydrogen-bond donors (Lipinski definition) is 1.